The lowest BCUT2D eigenvalue weighted by atomic mass is 10.6. The smallest absolute Gasteiger partial charge is 0.212 e. The van der Waals surface area contributed by atoms with Crippen molar-refractivity contribution in [3.8, 4) is 5.13 Å². The van der Waals surface area contributed by atoms with Crippen molar-refractivity contribution in [2.75, 3.05) is 6.26 Å². The van der Waals surface area contributed by atoms with E-state index in [9.17, 15) is 8.42 Å². The number of aliphatic hydroxyl groups excluding tert-OH is 1. The first-order chi connectivity index (χ1) is 7.91. The minimum Gasteiger partial charge on any atom is -0.391 e. The first kappa shape index (κ1) is 12.5. The van der Waals surface area contributed by atoms with Gasteiger partial charge in [-0.1, -0.05) is 22.9 Å². The molecule has 2 aromatic rings. The van der Waals surface area contributed by atoms with E-state index in [2.05, 4.69) is 10.1 Å². The second kappa shape index (κ2) is 4.37. The average Bonchev–Trinajstić information content (AvgIpc) is 2.82. The quantitative estimate of drug-likeness (QED) is 0.908. The maximum Gasteiger partial charge on any atom is 0.212 e. The van der Waals surface area contributed by atoms with Gasteiger partial charge in [-0.15, -0.1) is 0 Å². The summed E-state index contributed by atoms with van der Waals surface area (Å²) in [6.45, 7) is -0.212. The molecule has 0 amide bonds. The number of nitrogens with zero attached hydrogens (tertiary/aromatic N) is 3. The Morgan fingerprint density at radius 1 is 1.59 bits per heavy atom. The van der Waals surface area contributed by atoms with Crippen molar-refractivity contribution < 1.29 is 13.5 Å². The van der Waals surface area contributed by atoms with E-state index in [1.165, 1.54) is 17.1 Å². The Kier molecular flexibility index (Phi) is 3.21. The van der Waals surface area contributed by atoms with Crippen LogP contribution in [-0.4, -0.2) is 34.5 Å². The van der Waals surface area contributed by atoms with Crippen molar-refractivity contribution in [3.05, 3.63) is 22.4 Å². The maximum atomic E-state index is 11.3. The third kappa shape index (κ3) is 2.49. The van der Waals surface area contributed by atoms with Crippen molar-refractivity contribution >= 4 is 32.8 Å². The summed E-state index contributed by atoms with van der Waals surface area (Å²) in [6.07, 6.45) is 3.69. The lowest BCUT2D eigenvalue weighted by molar-refractivity contribution is 0.285. The van der Waals surface area contributed by atoms with Crippen molar-refractivity contribution in [1.82, 2.24) is 14.8 Å². The summed E-state index contributed by atoms with van der Waals surface area (Å²) in [5.41, 5.74) is 0. The van der Waals surface area contributed by atoms with E-state index in [1.54, 1.807) is 0 Å². The Morgan fingerprint density at radius 3 is 2.76 bits per heavy atom. The Balaban J connectivity index is 2.44. The predicted octanol–water partition coefficient (Wildman–Crippen LogP) is 0.878. The maximum absolute atomic E-state index is 11.3. The Bertz CT molecular complexity index is 647. The molecule has 0 bridgehead atoms. The summed E-state index contributed by atoms with van der Waals surface area (Å²) in [7, 11) is -3.29. The molecule has 0 aliphatic heterocycles. The van der Waals surface area contributed by atoms with Gasteiger partial charge in [0.2, 0.25) is 5.13 Å². The van der Waals surface area contributed by atoms with E-state index in [0.717, 1.165) is 17.6 Å². The Labute approximate surface area is 106 Å². The van der Waals surface area contributed by atoms with E-state index in [4.69, 9.17) is 16.7 Å². The molecule has 0 aliphatic carbocycles. The van der Waals surface area contributed by atoms with Crippen molar-refractivity contribution in [2.45, 2.75) is 11.5 Å². The molecular weight excluding hydrogens is 286 g/mol. The highest BCUT2D eigenvalue weighted by atomic mass is 35.5. The second-order valence-electron chi connectivity index (χ2n) is 3.26. The number of hydrogen-bond acceptors (Lipinski definition) is 6. The van der Waals surface area contributed by atoms with E-state index in [-0.39, 0.29) is 16.7 Å². The lowest BCUT2D eigenvalue weighted by Gasteiger charge is -1.92. The molecular formula is C8H8ClN3O3S2. The fourth-order valence-electron chi connectivity index (χ4n) is 1.12. The topological polar surface area (TPSA) is 85.1 Å². The van der Waals surface area contributed by atoms with Gasteiger partial charge in [0.05, 0.1) is 23.9 Å². The Hall–Kier alpha value is -0.960. The molecule has 0 atom stereocenters. The monoisotopic (exact) mass is 293 g/mol. The van der Waals surface area contributed by atoms with E-state index in [0.29, 0.717) is 10.0 Å². The first-order valence-corrected chi connectivity index (χ1v) is 7.51. The highest BCUT2D eigenvalue weighted by Gasteiger charge is 2.14. The third-order valence-electron chi connectivity index (χ3n) is 1.97. The van der Waals surface area contributed by atoms with Crippen LogP contribution in [0.4, 0.5) is 0 Å². The standard InChI is InChI=1S/C8H8ClN3O3S2/c1-17(14,15)5-2-10-12(3-5)8-11-7(9)6(4-13)16-8/h2-3,13H,4H2,1H3. The zero-order valence-electron chi connectivity index (χ0n) is 8.66. The summed E-state index contributed by atoms with van der Waals surface area (Å²) < 4.78 is 23.9. The molecule has 0 fully saturated rings. The second-order valence-corrected chi connectivity index (χ2v) is 6.70. The number of aliphatic hydroxyl groups is 1. The largest absolute Gasteiger partial charge is 0.391 e. The molecule has 92 valence electrons. The number of halogens is 1. The summed E-state index contributed by atoms with van der Waals surface area (Å²) in [5, 5.41) is 13.5. The molecule has 1 N–H and O–H groups in total. The SMILES string of the molecule is CS(=O)(=O)c1cnn(-c2nc(Cl)c(CO)s2)c1. The number of rotatable bonds is 3. The van der Waals surface area contributed by atoms with Gasteiger partial charge in [-0.3, -0.25) is 0 Å². The molecule has 0 aliphatic rings. The van der Waals surface area contributed by atoms with Crippen molar-refractivity contribution in [1.29, 1.82) is 0 Å². The molecule has 9 heteroatoms. The van der Waals surface area contributed by atoms with Crippen LogP contribution in [0.15, 0.2) is 17.3 Å². The highest BCUT2D eigenvalue weighted by molar-refractivity contribution is 7.90. The summed E-state index contributed by atoms with van der Waals surface area (Å²) in [6, 6.07) is 0. The van der Waals surface area contributed by atoms with E-state index in [1.807, 2.05) is 0 Å². The van der Waals surface area contributed by atoms with Gasteiger partial charge >= 0.3 is 0 Å². The Morgan fingerprint density at radius 2 is 2.29 bits per heavy atom. The number of thiazole rings is 1. The van der Waals surface area contributed by atoms with Crippen molar-refractivity contribution in [2.24, 2.45) is 0 Å². The number of sulfone groups is 1. The van der Waals surface area contributed by atoms with Crippen LogP contribution in [0.2, 0.25) is 5.15 Å². The normalized spacial score (nSPS) is 11.9. The molecule has 0 saturated heterocycles. The molecule has 6 nitrogen and oxygen atoms in total. The molecule has 0 saturated carbocycles. The summed E-state index contributed by atoms with van der Waals surface area (Å²) in [5.74, 6) is 0. The van der Waals surface area contributed by atoms with Crippen LogP contribution in [0, 0.1) is 0 Å². The first-order valence-electron chi connectivity index (χ1n) is 4.43. The minimum absolute atomic E-state index is 0.106. The zero-order chi connectivity index (χ0) is 12.6. The van der Waals surface area contributed by atoms with Crippen LogP contribution >= 0.6 is 22.9 Å². The van der Waals surface area contributed by atoms with Gasteiger partial charge in [0.1, 0.15) is 10.0 Å². The van der Waals surface area contributed by atoms with Gasteiger partial charge in [0, 0.05) is 6.26 Å². The fourth-order valence-corrected chi connectivity index (χ4v) is 2.70. The third-order valence-corrected chi connectivity index (χ3v) is 4.49. The van der Waals surface area contributed by atoms with Crippen LogP contribution in [0.1, 0.15) is 4.88 Å². The number of hydrogen-bond donors (Lipinski definition) is 1. The van der Waals surface area contributed by atoms with Gasteiger partial charge < -0.3 is 5.11 Å². The summed E-state index contributed by atoms with van der Waals surface area (Å²) >= 11 is 6.92. The molecule has 0 aromatic carbocycles. The van der Waals surface area contributed by atoms with Gasteiger partial charge in [-0.2, -0.15) is 5.10 Å². The fraction of sp³-hybridized carbons (Fsp3) is 0.250. The van der Waals surface area contributed by atoms with E-state index < -0.39 is 9.84 Å². The summed E-state index contributed by atoms with van der Waals surface area (Å²) in [4.78, 5) is 4.59. The molecule has 2 rings (SSSR count). The lowest BCUT2D eigenvalue weighted by Crippen LogP contribution is -1.95. The van der Waals surface area contributed by atoms with E-state index >= 15 is 0 Å². The minimum atomic E-state index is -3.29. The number of aromatic nitrogens is 3. The van der Waals surface area contributed by atoms with Crippen LogP contribution in [0.5, 0.6) is 0 Å². The molecule has 0 spiro atoms. The average molecular weight is 294 g/mol. The molecule has 17 heavy (non-hydrogen) atoms. The van der Waals surface area contributed by atoms with Crippen LogP contribution in [-0.2, 0) is 16.4 Å². The molecule has 2 heterocycles. The molecule has 0 radical (unpaired) electrons. The van der Waals surface area contributed by atoms with Crippen LogP contribution in [0.3, 0.4) is 0 Å². The van der Waals surface area contributed by atoms with Gasteiger partial charge in [0.15, 0.2) is 9.84 Å². The molecule has 0 unspecified atom stereocenters. The van der Waals surface area contributed by atoms with Gasteiger partial charge in [0.25, 0.3) is 0 Å². The zero-order valence-corrected chi connectivity index (χ0v) is 11.1. The highest BCUT2D eigenvalue weighted by Crippen LogP contribution is 2.25. The van der Waals surface area contributed by atoms with Crippen molar-refractivity contribution in [3.63, 3.8) is 0 Å². The molecule has 2 aromatic heterocycles. The predicted molar refractivity (Wildman–Crippen MR) is 63.3 cm³/mol. The van der Waals surface area contributed by atoms with Crippen LogP contribution in [0.25, 0.3) is 5.13 Å². The van der Waals surface area contributed by atoms with Gasteiger partial charge in [-0.05, 0) is 0 Å². The van der Waals surface area contributed by atoms with Crippen LogP contribution < -0.4 is 0 Å². The van der Waals surface area contributed by atoms with Gasteiger partial charge in [-0.25, -0.2) is 18.1 Å².